The molecule has 0 radical (unpaired) electrons. The predicted molar refractivity (Wildman–Crippen MR) is 67.3 cm³/mol. The number of fused-ring (bicyclic) bond motifs is 1. The molecule has 0 fully saturated rings. The van der Waals surface area contributed by atoms with E-state index in [1.807, 2.05) is 46.1 Å². The van der Waals surface area contributed by atoms with Crippen LogP contribution in [0.4, 0.5) is 0 Å². The Bertz CT molecular complexity index is 410. The molecule has 0 aromatic heterocycles. The molecule has 94 valence electrons. The maximum Gasteiger partial charge on any atom is 0.231 e. The van der Waals surface area contributed by atoms with Crippen molar-refractivity contribution >= 4 is 0 Å². The maximum absolute atomic E-state index is 6.24. The first-order valence-electron chi connectivity index (χ1n) is 5.74. The van der Waals surface area contributed by atoms with Gasteiger partial charge in [0.15, 0.2) is 11.5 Å². The van der Waals surface area contributed by atoms with Crippen LogP contribution in [0.2, 0.25) is 0 Å². The molecular weight excluding hydrogens is 216 g/mol. The van der Waals surface area contributed by atoms with Gasteiger partial charge in [0.1, 0.15) is 0 Å². The molecule has 2 rings (SSSR count). The van der Waals surface area contributed by atoms with E-state index >= 15 is 0 Å². The first-order chi connectivity index (χ1) is 7.89. The van der Waals surface area contributed by atoms with Crippen LogP contribution in [0, 0.1) is 0 Å². The van der Waals surface area contributed by atoms with Crippen molar-refractivity contribution in [1.29, 1.82) is 0 Å². The summed E-state index contributed by atoms with van der Waals surface area (Å²) < 4.78 is 10.7. The van der Waals surface area contributed by atoms with Crippen molar-refractivity contribution in [1.82, 2.24) is 4.90 Å². The number of hydrogen-bond acceptors (Lipinski definition) is 4. The predicted octanol–water partition coefficient (Wildman–Crippen LogP) is 1.76. The van der Waals surface area contributed by atoms with Gasteiger partial charge in [-0.15, -0.1) is 0 Å². The Kier molecular flexibility index (Phi) is 3.02. The summed E-state index contributed by atoms with van der Waals surface area (Å²) in [6.07, 6.45) is 0. The summed E-state index contributed by atoms with van der Waals surface area (Å²) >= 11 is 0. The van der Waals surface area contributed by atoms with Crippen molar-refractivity contribution < 1.29 is 9.47 Å². The van der Waals surface area contributed by atoms with Crippen LogP contribution in [-0.2, 0) is 0 Å². The molecule has 0 aliphatic carbocycles. The lowest BCUT2D eigenvalue weighted by Gasteiger charge is -2.36. The van der Waals surface area contributed by atoms with Gasteiger partial charge in [0.2, 0.25) is 6.79 Å². The summed E-state index contributed by atoms with van der Waals surface area (Å²) in [5.74, 6) is 1.61. The fourth-order valence-corrected chi connectivity index (χ4v) is 2.48. The lowest BCUT2D eigenvalue weighted by molar-refractivity contribution is 0.173. The van der Waals surface area contributed by atoms with Gasteiger partial charge in [0.05, 0.1) is 6.04 Å². The normalized spacial score (nSPS) is 16.4. The number of rotatable bonds is 3. The van der Waals surface area contributed by atoms with Gasteiger partial charge >= 0.3 is 0 Å². The molecule has 1 heterocycles. The molecule has 1 aliphatic heterocycles. The maximum atomic E-state index is 6.24. The molecule has 4 nitrogen and oxygen atoms in total. The summed E-state index contributed by atoms with van der Waals surface area (Å²) in [5.41, 5.74) is 7.07. The van der Waals surface area contributed by atoms with Gasteiger partial charge in [0.25, 0.3) is 0 Å². The smallest absolute Gasteiger partial charge is 0.231 e. The Morgan fingerprint density at radius 2 is 1.88 bits per heavy atom. The van der Waals surface area contributed by atoms with Crippen LogP contribution in [0.1, 0.15) is 25.5 Å². The highest BCUT2D eigenvalue weighted by molar-refractivity contribution is 5.45. The van der Waals surface area contributed by atoms with Gasteiger partial charge in [-0.3, -0.25) is 0 Å². The highest BCUT2D eigenvalue weighted by Gasteiger charge is 2.30. The second kappa shape index (κ2) is 4.20. The van der Waals surface area contributed by atoms with Crippen LogP contribution >= 0.6 is 0 Å². The number of benzene rings is 1. The largest absolute Gasteiger partial charge is 0.454 e. The van der Waals surface area contributed by atoms with Crippen LogP contribution < -0.4 is 15.2 Å². The van der Waals surface area contributed by atoms with Crippen LogP contribution in [0.15, 0.2) is 18.2 Å². The van der Waals surface area contributed by atoms with E-state index in [-0.39, 0.29) is 11.6 Å². The zero-order valence-corrected chi connectivity index (χ0v) is 10.9. The molecule has 0 bridgehead atoms. The molecule has 0 saturated carbocycles. The number of nitrogens with zero attached hydrogens (tertiary/aromatic N) is 1. The molecule has 1 aromatic rings. The van der Waals surface area contributed by atoms with E-state index in [1.165, 1.54) is 0 Å². The molecule has 17 heavy (non-hydrogen) atoms. The third kappa shape index (κ3) is 2.37. The van der Waals surface area contributed by atoms with Gasteiger partial charge in [-0.25, -0.2) is 0 Å². The zero-order valence-electron chi connectivity index (χ0n) is 10.9. The molecular formula is C13H20N2O2. The highest BCUT2D eigenvalue weighted by atomic mass is 16.7. The van der Waals surface area contributed by atoms with E-state index in [1.54, 1.807) is 0 Å². The second-order valence-electron chi connectivity index (χ2n) is 5.30. The lowest BCUT2D eigenvalue weighted by atomic mass is 9.88. The number of nitrogens with two attached hydrogens (primary N) is 1. The van der Waals surface area contributed by atoms with E-state index in [2.05, 4.69) is 4.90 Å². The van der Waals surface area contributed by atoms with Gasteiger partial charge in [-0.05, 0) is 45.6 Å². The molecule has 0 spiro atoms. The first-order valence-corrected chi connectivity index (χ1v) is 5.74. The van der Waals surface area contributed by atoms with Gasteiger partial charge in [-0.1, -0.05) is 6.07 Å². The van der Waals surface area contributed by atoms with E-state index in [9.17, 15) is 0 Å². The molecule has 4 heteroatoms. The second-order valence-corrected chi connectivity index (χ2v) is 5.30. The fraction of sp³-hybridized carbons (Fsp3) is 0.538. The topological polar surface area (TPSA) is 47.7 Å². The Morgan fingerprint density at radius 3 is 2.47 bits per heavy atom. The Morgan fingerprint density at radius 1 is 1.24 bits per heavy atom. The fourth-order valence-electron chi connectivity index (χ4n) is 2.48. The number of ether oxygens (including phenoxy) is 2. The third-order valence-corrected chi connectivity index (χ3v) is 2.93. The minimum absolute atomic E-state index is 0.136. The summed E-state index contributed by atoms with van der Waals surface area (Å²) in [7, 11) is 4.06. The van der Waals surface area contributed by atoms with Gasteiger partial charge < -0.3 is 20.1 Å². The molecule has 0 saturated heterocycles. The van der Waals surface area contributed by atoms with E-state index in [0.717, 1.165) is 17.1 Å². The Hall–Kier alpha value is -1.26. The summed E-state index contributed by atoms with van der Waals surface area (Å²) in [6, 6.07) is 6.14. The minimum atomic E-state index is -0.322. The van der Waals surface area contributed by atoms with Crippen molar-refractivity contribution in [3.8, 4) is 11.5 Å². The number of likely N-dealkylation sites (N-methyl/N-ethyl adjacent to an activating group) is 1. The Balaban J connectivity index is 2.37. The van der Waals surface area contributed by atoms with Crippen molar-refractivity contribution in [2.24, 2.45) is 5.73 Å². The SMILES string of the molecule is CN(C)C(c1ccc2c(c1)OCO2)C(C)(C)N. The minimum Gasteiger partial charge on any atom is -0.454 e. The molecule has 1 aromatic carbocycles. The third-order valence-electron chi connectivity index (χ3n) is 2.93. The van der Waals surface area contributed by atoms with Crippen molar-refractivity contribution in [3.05, 3.63) is 23.8 Å². The summed E-state index contributed by atoms with van der Waals surface area (Å²) in [6.45, 7) is 4.36. The van der Waals surface area contributed by atoms with Crippen molar-refractivity contribution in [2.45, 2.75) is 25.4 Å². The molecule has 1 atom stereocenters. The van der Waals surface area contributed by atoms with Crippen molar-refractivity contribution in [2.75, 3.05) is 20.9 Å². The van der Waals surface area contributed by atoms with E-state index < -0.39 is 0 Å². The van der Waals surface area contributed by atoms with Crippen LogP contribution in [-0.4, -0.2) is 31.3 Å². The van der Waals surface area contributed by atoms with E-state index in [4.69, 9.17) is 15.2 Å². The monoisotopic (exact) mass is 236 g/mol. The average Bonchev–Trinajstić information content (AvgIpc) is 2.61. The van der Waals surface area contributed by atoms with Crippen molar-refractivity contribution in [3.63, 3.8) is 0 Å². The quantitative estimate of drug-likeness (QED) is 0.868. The first kappa shape index (κ1) is 12.2. The van der Waals surface area contributed by atoms with Crippen LogP contribution in [0.5, 0.6) is 11.5 Å². The summed E-state index contributed by atoms with van der Waals surface area (Å²) in [4.78, 5) is 2.12. The van der Waals surface area contributed by atoms with Crippen LogP contribution in [0.25, 0.3) is 0 Å². The molecule has 0 amide bonds. The molecule has 1 unspecified atom stereocenters. The van der Waals surface area contributed by atoms with Gasteiger partial charge in [-0.2, -0.15) is 0 Å². The lowest BCUT2D eigenvalue weighted by Crippen LogP contribution is -2.45. The summed E-state index contributed by atoms with van der Waals surface area (Å²) in [5, 5.41) is 0. The highest BCUT2D eigenvalue weighted by Crippen LogP contribution is 2.37. The Labute approximate surface area is 102 Å². The zero-order chi connectivity index (χ0) is 12.6. The molecule has 1 aliphatic rings. The molecule has 2 N–H and O–H groups in total. The van der Waals surface area contributed by atoms with E-state index in [0.29, 0.717) is 6.79 Å². The van der Waals surface area contributed by atoms with Gasteiger partial charge in [0, 0.05) is 5.54 Å². The van der Waals surface area contributed by atoms with Crippen LogP contribution in [0.3, 0.4) is 0 Å². The number of hydrogen-bond donors (Lipinski definition) is 1. The standard InChI is InChI=1S/C13H20N2O2/c1-13(2,14)12(15(3)4)9-5-6-10-11(7-9)17-8-16-10/h5-7,12H,8,14H2,1-4H3. The average molecular weight is 236 g/mol.